The van der Waals surface area contributed by atoms with E-state index in [1.807, 2.05) is 12.3 Å². The first kappa shape index (κ1) is 15.6. The van der Waals surface area contributed by atoms with Crippen LogP contribution in [-0.4, -0.2) is 46.0 Å². The highest BCUT2D eigenvalue weighted by Crippen LogP contribution is 2.28. The van der Waals surface area contributed by atoms with Crippen LogP contribution >= 0.6 is 0 Å². The van der Waals surface area contributed by atoms with Gasteiger partial charge >= 0.3 is 5.97 Å². The lowest BCUT2D eigenvalue weighted by Gasteiger charge is -2.24. The van der Waals surface area contributed by atoms with Gasteiger partial charge in [0.1, 0.15) is 11.9 Å². The van der Waals surface area contributed by atoms with Crippen LogP contribution in [0.15, 0.2) is 41.3 Å². The molecule has 0 spiro atoms. The molecule has 0 aromatic carbocycles. The Labute approximate surface area is 144 Å². The smallest absolute Gasteiger partial charge is 0.360 e. The first-order valence-corrected chi connectivity index (χ1v) is 8.11. The van der Waals surface area contributed by atoms with Crippen LogP contribution in [0.1, 0.15) is 28.4 Å². The van der Waals surface area contributed by atoms with Gasteiger partial charge in [-0.2, -0.15) is 0 Å². The van der Waals surface area contributed by atoms with Gasteiger partial charge in [0.15, 0.2) is 5.69 Å². The van der Waals surface area contributed by atoms with Gasteiger partial charge in [-0.3, -0.25) is 4.90 Å². The highest BCUT2D eigenvalue weighted by Gasteiger charge is 2.19. The molecule has 4 heterocycles. The van der Waals surface area contributed by atoms with E-state index >= 15 is 0 Å². The molecule has 7 nitrogen and oxygen atoms in total. The van der Waals surface area contributed by atoms with Crippen LogP contribution in [0.25, 0.3) is 16.6 Å². The molecule has 0 unspecified atom stereocenters. The van der Waals surface area contributed by atoms with Crippen LogP contribution in [0.4, 0.5) is 0 Å². The summed E-state index contributed by atoms with van der Waals surface area (Å²) < 4.78 is 10.00. The fourth-order valence-corrected chi connectivity index (χ4v) is 3.09. The number of esters is 1. The first-order chi connectivity index (χ1) is 12.2. The highest BCUT2D eigenvalue weighted by atomic mass is 16.5. The van der Waals surface area contributed by atoms with Gasteiger partial charge in [0.2, 0.25) is 5.89 Å². The number of nitrogens with zero attached hydrogens (tertiary/aromatic N) is 3. The summed E-state index contributed by atoms with van der Waals surface area (Å²) >= 11 is 0. The van der Waals surface area contributed by atoms with Crippen molar-refractivity contribution in [2.24, 2.45) is 0 Å². The molecule has 128 valence electrons. The van der Waals surface area contributed by atoms with Crippen molar-refractivity contribution >= 4 is 22.6 Å². The van der Waals surface area contributed by atoms with Crippen molar-refractivity contribution in [2.75, 3.05) is 20.2 Å². The molecule has 0 amide bonds. The molecule has 7 heteroatoms. The normalized spacial score (nSPS) is 15.3. The van der Waals surface area contributed by atoms with Gasteiger partial charge in [-0.05, 0) is 24.1 Å². The molecule has 0 atom stereocenters. The van der Waals surface area contributed by atoms with Crippen LogP contribution in [0, 0.1) is 0 Å². The Morgan fingerprint density at radius 2 is 2.40 bits per heavy atom. The summed E-state index contributed by atoms with van der Waals surface area (Å²) in [5.41, 5.74) is 3.65. The van der Waals surface area contributed by atoms with Gasteiger partial charge < -0.3 is 14.1 Å². The molecule has 1 N–H and O–H groups in total. The lowest BCUT2D eigenvalue weighted by molar-refractivity contribution is 0.0594. The van der Waals surface area contributed by atoms with E-state index in [9.17, 15) is 4.79 Å². The summed E-state index contributed by atoms with van der Waals surface area (Å²) in [6.07, 6.45) is 8.31. The number of hydrogen-bond acceptors (Lipinski definition) is 6. The third kappa shape index (κ3) is 3.06. The Morgan fingerprint density at radius 1 is 1.48 bits per heavy atom. The average molecular weight is 338 g/mol. The minimum Gasteiger partial charge on any atom is -0.464 e. The second-order valence-electron chi connectivity index (χ2n) is 5.93. The Bertz CT molecular complexity index is 941. The number of fused-ring (bicyclic) bond motifs is 1. The van der Waals surface area contributed by atoms with Crippen molar-refractivity contribution < 1.29 is 13.9 Å². The molecule has 0 saturated carbocycles. The molecule has 3 aromatic heterocycles. The van der Waals surface area contributed by atoms with Gasteiger partial charge in [-0.1, -0.05) is 6.08 Å². The zero-order valence-electron chi connectivity index (χ0n) is 13.9. The predicted molar refractivity (Wildman–Crippen MR) is 91.8 cm³/mol. The molecule has 4 rings (SSSR count). The summed E-state index contributed by atoms with van der Waals surface area (Å²) in [6.45, 7) is 2.27. The molecular formula is C18H18N4O3. The van der Waals surface area contributed by atoms with Gasteiger partial charge in [0, 0.05) is 36.4 Å². The molecule has 0 bridgehead atoms. The lowest BCUT2D eigenvalue weighted by Crippen LogP contribution is -2.28. The number of hydrogen-bond donors (Lipinski definition) is 1. The fraction of sp³-hybridized carbons (Fsp3) is 0.278. The Kier molecular flexibility index (Phi) is 4.07. The lowest BCUT2D eigenvalue weighted by atomic mass is 9.99. The van der Waals surface area contributed by atoms with Crippen molar-refractivity contribution in [1.82, 2.24) is 19.9 Å². The van der Waals surface area contributed by atoms with Gasteiger partial charge in [-0.25, -0.2) is 14.8 Å². The van der Waals surface area contributed by atoms with E-state index < -0.39 is 5.97 Å². The maximum atomic E-state index is 11.4. The maximum Gasteiger partial charge on any atom is 0.360 e. The number of methoxy groups -OCH3 is 1. The summed E-state index contributed by atoms with van der Waals surface area (Å²) in [5.74, 6) is 0.0392. The average Bonchev–Trinajstić information content (AvgIpc) is 3.29. The standard InChI is InChI=1S/C18H18N4O3/c1-24-18(23)15-11-25-16(21-15)10-22-7-4-12(5-8-22)14-9-20-17-13(14)3-2-6-19-17/h2-4,6,9,11H,5,7-8,10H2,1H3,(H,19,20). The Balaban J connectivity index is 1.45. The molecule has 0 fully saturated rings. The molecule has 1 aliphatic heterocycles. The Hall–Kier alpha value is -2.93. The molecule has 0 saturated heterocycles. The van der Waals surface area contributed by atoms with Crippen molar-refractivity contribution in [3.05, 3.63) is 54.0 Å². The van der Waals surface area contributed by atoms with Crippen LogP contribution in [0.2, 0.25) is 0 Å². The minimum absolute atomic E-state index is 0.206. The third-order valence-electron chi connectivity index (χ3n) is 4.40. The summed E-state index contributed by atoms with van der Waals surface area (Å²) in [7, 11) is 1.33. The fourth-order valence-electron chi connectivity index (χ4n) is 3.09. The van der Waals surface area contributed by atoms with Crippen molar-refractivity contribution in [3.8, 4) is 0 Å². The largest absolute Gasteiger partial charge is 0.464 e. The van der Waals surface area contributed by atoms with Crippen LogP contribution in [0.5, 0.6) is 0 Å². The number of ether oxygens (including phenoxy) is 1. The summed E-state index contributed by atoms with van der Waals surface area (Å²) in [4.78, 5) is 25.4. The van der Waals surface area contributed by atoms with Crippen molar-refractivity contribution in [3.63, 3.8) is 0 Å². The number of pyridine rings is 1. The number of oxazole rings is 1. The topological polar surface area (TPSA) is 84.2 Å². The number of H-pyrrole nitrogens is 1. The molecule has 0 aliphatic carbocycles. The number of carbonyl (C=O) groups excluding carboxylic acids is 1. The van der Waals surface area contributed by atoms with Crippen LogP contribution in [-0.2, 0) is 11.3 Å². The number of aromatic nitrogens is 3. The van der Waals surface area contributed by atoms with E-state index in [4.69, 9.17) is 4.42 Å². The Morgan fingerprint density at radius 3 is 3.20 bits per heavy atom. The molecule has 3 aromatic rings. The minimum atomic E-state index is -0.483. The molecule has 25 heavy (non-hydrogen) atoms. The number of carbonyl (C=O) groups is 1. The second kappa shape index (κ2) is 6.52. The second-order valence-corrected chi connectivity index (χ2v) is 5.93. The maximum absolute atomic E-state index is 11.4. The van der Waals surface area contributed by atoms with E-state index in [2.05, 4.69) is 36.7 Å². The molecule has 0 radical (unpaired) electrons. The van der Waals surface area contributed by atoms with E-state index in [0.29, 0.717) is 12.4 Å². The molecule has 1 aliphatic rings. The molecular weight excluding hydrogens is 320 g/mol. The van der Waals surface area contributed by atoms with Gasteiger partial charge in [0.25, 0.3) is 0 Å². The van der Waals surface area contributed by atoms with E-state index in [1.54, 1.807) is 6.20 Å². The van der Waals surface area contributed by atoms with Crippen LogP contribution in [0.3, 0.4) is 0 Å². The summed E-state index contributed by atoms with van der Waals surface area (Å²) in [6, 6.07) is 4.04. The highest BCUT2D eigenvalue weighted by molar-refractivity contribution is 5.90. The number of nitrogens with one attached hydrogen (secondary N) is 1. The SMILES string of the molecule is COC(=O)c1coc(CN2CC=C(c3c[nH]c4ncccc34)CC2)n1. The van der Waals surface area contributed by atoms with Gasteiger partial charge in [0.05, 0.1) is 13.7 Å². The van der Waals surface area contributed by atoms with Crippen molar-refractivity contribution in [1.29, 1.82) is 0 Å². The predicted octanol–water partition coefficient (Wildman–Crippen LogP) is 2.63. The summed E-state index contributed by atoms with van der Waals surface area (Å²) in [5, 5.41) is 1.15. The quantitative estimate of drug-likeness (QED) is 0.736. The van der Waals surface area contributed by atoms with E-state index in [0.717, 1.165) is 30.5 Å². The number of rotatable bonds is 4. The van der Waals surface area contributed by atoms with Crippen molar-refractivity contribution in [2.45, 2.75) is 13.0 Å². The number of aromatic amines is 1. The van der Waals surface area contributed by atoms with Crippen LogP contribution < -0.4 is 0 Å². The third-order valence-corrected chi connectivity index (χ3v) is 4.40. The van der Waals surface area contributed by atoms with Gasteiger partial charge in [-0.15, -0.1) is 0 Å². The monoisotopic (exact) mass is 338 g/mol. The van der Waals surface area contributed by atoms with E-state index in [-0.39, 0.29) is 5.69 Å². The zero-order valence-corrected chi connectivity index (χ0v) is 13.9. The zero-order chi connectivity index (χ0) is 17.2. The van der Waals surface area contributed by atoms with E-state index in [1.165, 1.54) is 24.5 Å². The first-order valence-electron chi connectivity index (χ1n) is 8.11.